The molecule has 2 atom stereocenters. The van der Waals surface area contributed by atoms with Crippen molar-refractivity contribution in [3.05, 3.63) is 47.5 Å². The number of amides is 1. The third kappa shape index (κ3) is 5.78. The Morgan fingerprint density at radius 1 is 1.30 bits per heavy atom. The van der Waals surface area contributed by atoms with E-state index in [1.165, 1.54) is 11.9 Å². The summed E-state index contributed by atoms with van der Waals surface area (Å²) in [7, 11) is 0. The van der Waals surface area contributed by atoms with Gasteiger partial charge in [-0.1, -0.05) is 29.8 Å². The van der Waals surface area contributed by atoms with Crippen LogP contribution < -0.4 is 16.0 Å². The Bertz CT molecular complexity index is 979. The number of nitrogens with zero attached hydrogens (tertiary/aromatic N) is 4. The number of piperidine rings is 1. The number of carbonyl (C=O) groups excluding carboxylic acids is 1. The number of nitrogens with one attached hydrogen (secondary N) is 1. The van der Waals surface area contributed by atoms with Gasteiger partial charge in [-0.25, -0.2) is 9.97 Å². The molecule has 1 aliphatic heterocycles. The molecule has 2 aromatic rings. The van der Waals surface area contributed by atoms with E-state index in [9.17, 15) is 9.90 Å². The number of benzene rings is 1. The first-order valence-corrected chi connectivity index (χ1v) is 11.5. The molecule has 33 heavy (non-hydrogen) atoms. The number of aromatic nitrogens is 2. The second-order valence-corrected chi connectivity index (χ2v) is 9.61. The topological polar surface area (TPSA) is 108 Å². The van der Waals surface area contributed by atoms with Crippen molar-refractivity contribution in [2.45, 2.75) is 51.3 Å². The van der Waals surface area contributed by atoms with Gasteiger partial charge in [0.2, 0.25) is 11.7 Å². The number of aliphatic hydroxyl groups is 1. The molecule has 2 heterocycles. The maximum absolute atomic E-state index is 15.5. The summed E-state index contributed by atoms with van der Waals surface area (Å²) in [6.45, 7) is 5.85. The number of primary amides is 1. The Balaban J connectivity index is 1.44. The largest absolute Gasteiger partial charge is 0.388 e. The zero-order valence-corrected chi connectivity index (χ0v) is 19.3. The fraction of sp³-hybridized carbons (Fsp3) is 0.542. The Hall–Kier alpha value is -2.78. The lowest BCUT2D eigenvalue weighted by molar-refractivity contribution is -0.121. The van der Waals surface area contributed by atoms with E-state index < -0.39 is 17.3 Å². The highest BCUT2D eigenvalue weighted by molar-refractivity contribution is 5.75. The first-order chi connectivity index (χ1) is 15.7. The molecule has 0 radical (unpaired) electrons. The lowest BCUT2D eigenvalue weighted by Gasteiger charge is -2.42. The van der Waals surface area contributed by atoms with E-state index in [1.807, 2.05) is 16.7 Å². The van der Waals surface area contributed by atoms with Crippen LogP contribution >= 0.6 is 0 Å². The molecule has 0 unspecified atom stereocenters. The standard InChI is InChI=1S/C24H33FN6O2/c1-16-3-5-17(6-4-16)12-31(19-7-8-19)23-21(25)22(28-15-29-23)27-11-18-9-10-30(13-20(26)32)14-24(18,2)33/h3-6,15,18-19,33H,7-14H2,1-2H3,(H2,26,32)(H,27,28,29)/t18-,24+/m1/s1. The van der Waals surface area contributed by atoms with Gasteiger partial charge in [0, 0.05) is 31.6 Å². The van der Waals surface area contributed by atoms with Crippen molar-refractivity contribution in [1.29, 1.82) is 0 Å². The maximum atomic E-state index is 15.5. The number of aryl methyl sites for hydroxylation is 1. The number of carbonyl (C=O) groups is 1. The van der Waals surface area contributed by atoms with E-state index in [0.29, 0.717) is 38.4 Å². The van der Waals surface area contributed by atoms with Gasteiger partial charge in [0.1, 0.15) is 6.33 Å². The average molecular weight is 457 g/mol. The van der Waals surface area contributed by atoms with Crippen LogP contribution in [0.2, 0.25) is 0 Å². The third-order valence-electron chi connectivity index (χ3n) is 6.62. The molecule has 4 rings (SSSR count). The van der Waals surface area contributed by atoms with E-state index in [1.54, 1.807) is 6.92 Å². The Kier molecular flexibility index (Phi) is 6.81. The van der Waals surface area contributed by atoms with Gasteiger partial charge in [-0.3, -0.25) is 9.69 Å². The van der Waals surface area contributed by atoms with Crippen LogP contribution in [-0.4, -0.2) is 63.7 Å². The lowest BCUT2D eigenvalue weighted by atomic mass is 9.82. The summed E-state index contributed by atoms with van der Waals surface area (Å²) in [6, 6.07) is 8.53. The predicted molar refractivity (Wildman–Crippen MR) is 125 cm³/mol. The molecular weight excluding hydrogens is 423 g/mol. The number of β-amino-alcohol motifs (C(OH)–C–C–N with tert-alkyl or cyclic N) is 1. The molecule has 0 spiro atoms. The minimum Gasteiger partial charge on any atom is -0.388 e. The molecule has 1 aromatic carbocycles. The molecule has 1 aliphatic carbocycles. The van der Waals surface area contributed by atoms with E-state index >= 15 is 4.39 Å². The average Bonchev–Trinajstić information content (AvgIpc) is 3.58. The number of anilines is 2. The van der Waals surface area contributed by atoms with Gasteiger partial charge < -0.3 is 21.1 Å². The summed E-state index contributed by atoms with van der Waals surface area (Å²) in [5.74, 6) is -0.554. The van der Waals surface area contributed by atoms with E-state index in [4.69, 9.17) is 5.73 Å². The molecule has 4 N–H and O–H groups in total. The van der Waals surface area contributed by atoms with Gasteiger partial charge in [0.25, 0.3) is 0 Å². The van der Waals surface area contributed by atoms with Crippen molar-refractivity contribution >= 4 is 17.5 Å². The highest BCUT2D eigenvalue weighted by atomic mass is 19.1. The van der Waals surface area contributed by atoms with Crippen molar-refractivity contribution in [1.82, 2.24) is 14.9 Å². The van der Waals surface area contributed by atoms with Crippen molar-refractivity contribution in [3.8, 4) is 0 Å². The molecule has 8 nitrogen and oxygen atoms in total. The second-order valence-electron chi connectivity index (χ2n) is 9.61. The molecule has 1 amide bonds. The quantitative estimate of drug-likeness (QED) is 0.530. The normalized spacial score (nSPS) is 23.3. The molecule has 9 heteroatoms. The molecule has 2 fully saturated rings. The summed E-state index contributed by atoms with van der Waals surface area (Å²) >= 11 is 0. The number of rotatable bonds is 9. The summed E-state index contributed by atoms with van der Waals surface area (Å²) in [5.41, 5.74) is 6.55. The van der Waals surface area contributed by atoms with Crippen LogP contribution in [0.15, 0.2) is 30.6 Å². The minimum absolute atomic E-state index is 0.119. The van der Waals surface area contributed by atoms with Crippen molar-refractivity contribution in [3.63, 3.8) is 0 Å². The fourth-order valence-electron chi connectivity index (χ4n) is 4.54. The van der Waals surface area contributed by atoms with Gasteiger partial charge in [-0.05, 0) is 45.2 Å². The van der Waals surface area contributed by atoms with Crippen LogP contribution in [0.1, 0.15) is 37.3 Å². The van der Waals surface area contributed by atoms with Crippen molar-refractivity contribution in [2.24, 2.45) is 11.7 Å². The molecule has 0 bridgehead atoms. The fourth-order valence-corrected chi connectivity index (χ4v) is 4.54. The number of halogens is 1. The lowest BCUT2D eigenvalue weighted by Crippen LogP contribution is -2.55. The van der Waals surface area contributed by atoms with E-state index in [0.717, 1.165) is 18.4 Å². The molecule has 2 aliphatic rings. The SMILES string of the molecule is Cc1ccc(CN(c2ncnc(NC[C@H]3CCN(CC(N)=O)C[C@]3(C)O)c2F)C2CC2)cc1. The zero-order chi connectivity index (χ0) is 23.6. The molecular formula is C24H33FN6O2. The van der Waals surface area contributed by atoms with Crippen molar-refractivity contribution < 1.29 is 14.3 Å². The van der Waals surface area contributed by atoms with Gasteiger partial charge in [-0.15, -0.1) is 0 Å². The van der Waals surface area contributed by atoms with Gasteiger partial charge >= 0.3 is 0 Å². The summed E-state index contributed by atoms with van der Waals surface area (Å²) in [6.07, 6.45) is 4.09. The van der Waals surface area contributed by atoms with Gasteiger partial charge in [0.05, 0.1) is 12.1 Å². The van der Waals surface area contributed by atoms with Crippen molar-refractivity contribution in [2.75, 3.05) is 36.4 Å². The van der Waals surface area contributed by atoms with Crippen LogP contribution in [0, 0.1) is 18.7 Å². The predicted octanol–water partition coefficient (Wildman–Crippen LogP) is 2.06. The zero-order valence-electron chi connectivity index (χ0n) is 19.3. The summed E-state index contributed by atoms with van der Waals surface area (Å²) in [4.78, 5) is 23.5. The molecule has 1 saturated carbocycles. The third-order valence-corrected chi connectivity index (χ3v) is 6.62. The second kappa shape index (κ2) is 9.61. The highest BCUT2D eigenvalue weighted by Crippen LogP contribution is 2.35. The van der Waals surface area contributed by atoms with E-state index in [2.05, 4.69) is 39.6 Å². The first-order valence-electron chi connectivity index (χ1n) is 11.5. The van der Waals surface area contributed by atoms with E-state index in [-0.39, 0.29) is 24.3 Å². The molecule has 1 saturated heterocycles. The molecule has 1 aromatic heterocycles. The number of nitrogens with two attached hydrogens (primary N) is 1. The maximum Gasteiger partial charge on any atom is 0.231 e. The van der Waals surface area contributed by atoms with Gasteiger partial charge in [0.15, 0.2) is 11.6 Å². The Morgan fingerprint density at radius 3 is 2.67 bits per heavy atom. The Morgan fingerprint density at radius 2 is 2.03 bits per heavy atom. The van der Waals surface area contributed by atoms with Gasteiger partial charge in [-0.2, -0.15) is 4.39 Å². The Labute approximate surface area is 194 Å². The van der Waals surface area contributed by atoms with Crippen LogP contribution in [0.3, 0.4) is 0 Å². The summed E-state index contributed by atoms with van der Waals surface area (Å²) < 4.78 is 15.5. The smallest absolute Gasteiger partial charge is 0.231 e. The van der Waals surface area contributed by atoms with Crippen LogP contribution in [0.25, 0.3) is 0 Å². The first kappa shape index (κ1) is 23.4. The molecule has 178 valence electrons. The highest BCUT2D eigenvalue weighted by Gasteiger charge is 2.38. The van der Waals surface area contributed by atoms with Crippen LogP contribution in [0.5, 0.6) is 0 Å². The monoisotopic (exact) mass is 456 g/mol. The number of hydrogen-bond acceptors (Lipinski definition) is 7. The number of hydrogen-bond donors (Lipinski definition) is 3. The minimum atomic E-state index is -1.03. The summed E-state index contributed by atoms with van der Waals surface area (Å²) in [5, 5.41) is 14.0. The van der Waals surface area contributed by atoms with Crippen LogP contribution in [-0.2, 0) is 11.3 Å². The van der Waals surface area contributed by atoms with Crippen LogP contribution in [0.4, 0.5) is 16.0 Å². The number of likely N-dealkylation sites (tertiary alicyclic amines) is 1.